The zero-order chi connectivity index (χ0) is 22.5. The van der Waals surface area contributed by atoms with Crippen molar-refractivity contribution < 1.29 is 9.53 Å². The zero-order valence-electron chi connectivity index (χ0n) is 18.5. The van der Waals surface area contributed by atoms with Crippen molar-refractivity contribution in [2.75, 3.05) is 38.2 Å². The summed E-state index contributed by atoms with van der Waals surface area (Å²) in [5.41, 5.74) is 7.87. The number of nitrogens with one attached hydrogen (secondary N) is 1. The minimum absolute atomic E-state index is 0.0157. The number of aromatic amines is 1. The van der Waals surface area contributed by atoms with Crippen molar-refractivity contribution in [2.24, 2.45) is 11.7 Å². The Morgan fingerprint density at radius 3 is 2.94 bits per heavy atom. The maximum absolute atomic E-state index is 12.9. The molecule has 0 aromatic carbocycles. The van der Waals surface area contributed by atoms with Crippen LogP contribution in [0.4, 0.5) is 5.69 Å². The molecule has 1 unspecified atom stereocenters. The number of nitrogens with zero attached hydrogens (tertiary/aromatic N) is 3. The molecule has 0 spiro atoms. The second-order valence-corrected chi connectivity index (χ2v) is 8.50. The van der Waals surface area contributed by atoms with Crippen molar-refractivity contribution in [2.45, 2.75) is 31.7 Å². The van der Waals surface area contributed by atoms with Crippen LogP contribution in [0.1, 0.15) is 25.7 Å². The average molecular weight is 438 g/mol. The molecule has 3 N–H and O–H groups in total. The second-order valence-electron chi connectivity index (χ2n) is 8.50. The summed E-state index contributed by atoms with van der Waals surface area (Å²) in [5, 5.41) is 0. The molecule has 8 heteroatoms. The number of ether oxygens (including phenoxy) is 1. The summed E-state index contributed by atoms with van der Waals surface area (Å²) in [6.07, 6.45) is 10.9. The highest BCUT2D eigenvalue weighted by Gasteiger charge is 2.33. The number of aromatic nitrogens is 2. The van der Waals surface area contributed by atoms with Crippen LogP contribution in [0.2, 0.25) is 0 Å². The third kappa shape index (κ3) is 5.19. The smallest absolute Gasteiger partial charge is 0.271 e. The Hall–Kier alpha value is -3.13. The fourth-order valence-electron chi connectivity index (χ4n) is 4.26. The number of nitrogens with two attached hydrogens (primary N) is 1. The number of hydrogen-bond donors (Lipinski definition) is 2. The van der Waals surface area contributed by atoms with E-state index in [0.717, 1.165) is 37.1 Å². The Morgan fingerprint density at radius 2 is 2.19 bits per heavy atom. The molecule has 0 bridgehead atoms. The maximum Gasteiger partial charge on any atom is 0.271 e. The zero-order valence-corrected chi connectivity index (χ0v) is 18.5. The van der Waals surface area contributed by atoms with Gasteiger partial charge in [0.05, 0.1) is 7.11 Å². The number of hydrogen-bond acceptors (Lipinski definition) is 6. The van der Waals surface area contributed by atoms with E-state index in [-0.39, 0.29) is 17.5 Å². The van der Waals surface area contributed by atoms with E-state index in [1.807, 2.05) is 23.1 Å². The summed E-state index contributed by atoms with van der Waals surface area (Å²) in [6, 6.07) is 5.80. The fourth-order valence-corrected chi connectivity index (χ4v) is 4.26. The minimum Gasteiger partial charge on any atom is -0.481 e. The van der Waals surface area contributed by atoms with Gasteiger partial charge in [0.15, 0.2) is 0 Å². The van der Waals surface area contributed by atoms with Crippen LogP contribution in [0.3, 0.4) is 0 Å². The van der Waals surface area contributed by atoms with Gasteiger partial charge in [-0.25, -0.2) is 4.98 Å². The van der Waals surface area contributed by atoms with E-state index >= 15 is 0 Å². The number of amides is 1. The summed E-state index contributed by atoms with van der Waals surface area (Å²) in [5.74, 6) is 1.11. The molecule has 8 nitrogen and oxygen atoms in total. The van der Waals surface area contributed by atoms with Gasteiger partial charge in [-0.2, -0.15) is 0 Å². The van der Waals surface area contributed by atoms with E-state index in [4.69, 9.17) is 10.5 Å². The van der Waals surface area contributed by atoms with Gasteiger partial charge in [-0.1, -0.05) is 6.08 Å². The molecule has 0 radical (unpaired) electrons. The van der Waals surface area contributed by atoms with Crippen LogP contribution in [0.15, 0.2) is 47.5 Å². The molecule has 2 aliphatic rings. The molecule has 1 saturated carbocycles. The Kier molecular flexibility index (Phi) is 6.90. The van der Waals surface area contributed by atoms with Gasteiger partial charge in [0.25, 0.3) is 5.56 Å². The van der Waals surface area contributed by atoms with Crippen LogP contribution < -0.4 is 20.9 Å². The monoisotopic (exact) mass is 437 g/mol. The van der Waals surface area contributed by atoms with Crippen molar-refractivity contribution >= 4 is 11.6 Å². The van der Waals surface area contributed by atoms with Crippen LogP contribution >= 0.6 is 0 Å². The van der Waals surface area contributed by atoms with Crippen molar-refractivity contribution in [3.8, 4) is 17.0 Å². The predicted molar refractivity (Wildman–Crippen MR) is 125 cm³/mol. The SMILES string of the molecule is COc1cc(-c2c[nH]c(=O)c(N(CC3CC3)C3CCCN(C(=O)/C=C/CN)C3)c2)ccn1. The molecule has 1 amide bonds. The molecule has 1 saturated heterocycles. The lowest BCUT2D eigenvalue weighted by molar-refractivity contribution is -0.127. The van der Waals surface area contributed by atoms with Crippen molar-refractivity contribution in [3.05, 3.63) is 53.1 Å². The van der Waals surface area contributed by atoms with Crippen LogP contribution in [-0.2, 0) is 4.79 Å². The van der Waals surface area contributed by atoms with Gasteiger partial charge in [0.2, 0.25) is 11.8 Å². The summed E-state index contributed by atoms with van der Waals surface area (Å²) in [6.45, 7) is 2.51. The second kappa shape index (κ2) is 9.99. The largest absolute Gasteiger partial charge is 0.481 e. The first-order valence-electron chi connectivity index (χ1n) is 11.2. The molecule has 1 aliphatic carbocycles. The van der Waals surface area contributed by atoms with Gasteiger partial charge >= 0.3 is 0 Å². The molecular formula is C24H31N5O3. The summed E-state index contributed by atoms with van der Waals surface area (Å²) in [7, 11) is 1.58. The van der Waals surface area contributed by atoms with Gasteiger partial charge in [-0.05, 0) is 49.3 Å². The van der Waals surface area contributed by atoms with Crippen LogP contribution in [-0.4, -0.2) is 60.1 Å². The van der Waals surface area contributed by atoms with Gasteiger partial charge in [-0.3, -0.25) is 9.59 Å². The van der Waals surface area contributed by atoms with E-state index < -0.39 is 0 Å². The Bertz CT molecular complexity index is 1030. The van der Waals surface area contributed by atoms with Crippen LogP contribution in [0, 0.1) is 5.92 Å². The van der Waals surface area contributed by atoms with Crippen LogP contribution in [0.25, 0.3) is 11.1 Å². The molecule has 2 fully saturated rings. The first-order chi connectivity index (χ1) is 15.6. The molecule has 32 heavy (non-hydrogen) atoms. The first-order valence-corrected chi connectivity index (χ1v) is 11.2. The molecule has 2 aromatic rings. The van der Waals surface area contributed by atoms with Gasteiger partial charge < -0.3 is 25.3 Å². The molecule has 1 aliphatic heterocycles. The molecule has 170 valence electrons. The predicted octanol–water partition coefficient (Wildman–Crippen LogP) is 2.17. The Morgan fingerprint density at radius 1 is 1.34 bits per heavy atom. The Labute approximate surface area is 188 Å². The lowest BCUT2D eigenvalue weighted by Gasteiger charge is -2.40. The molecule has 3 heterocycles. The molecular weight excluding hydrogens is 406 g/mol. The number of anilines is 1. The highest BCUT2D eigenvalue weighted by molar-refractivity contribution is 5.87. The molecule has 2 aromatic heterocycles. The number of pyridine rings is 2. The van der Waals surface area contributed by atoms with E-state index in [0.29, 0.717) is 30.6 Å². The Balaban J connectivity index is 1.63. The van der Waals surface area contributed by atoms with E-state index in [1.165, 1.54) is 12.8 Å². The topological polar surface area (TPSA) is 105 Å². The number of carbonyl (C=O) groups excluding carboxylic acids is 1. The van der Waals surface area contributed by atoms with E-state index in [9.17, 15) is 9.59 Å². The third-order valence-electron chi connectivity index (χ3n) is 6.17. The number of carbonyl (C=O) groups is 1. The van der Waals surface area contributed by atoms with Crippen molar-refractivity contribution in [1.29, 1.82) is 0 Å². The number of likely N-dealkylation sites (tertiary alicyclic amines) is 1. The standard InChI is InChI=1S/C24H31N5O3/c1-32-22-13-18(8-10-26-22)19-12-21(24(31)27-14-19)29(15-17-6-7-17)20-4-3-11-28(16-20)23(30)5-2-9-25/h2,5,8,10,12-14,17,20H,3-4,6-7,9,11,15-16,25H2,1H3,(H,27,31)/b5-2+. The number of piperidine rings is 1. The lowest BCUT2D eigenvalue weighted by atomic mass is 10.0. The summed E-state index contributed by atoms with van der Waals surface area (Å²) < 4.78 is 5.25. The van der Waals surface area contributed by atoms with E-state index in [1.54, 1.807) is 31.7 Å². The fraction of sp³-hybridized carbons (Fsp3) is 0.458. The van der Waals surface area contributed by atoms with E-state index in [2.05, 4.69) is 14.9 Å². The lowest BCUT2D eigenvalue weighted by Crippen LogP contribution is -2.51. The van der Waals surface area contributed by atoms with Gasteiger partial charge in [-0.15, -0.1) is 0 Å². The molecule has 4 rings (SSSR count). The first kappa shape index (κ1) is 22.1. The summed E-state index contributed by atoms with van der Waals surface area (Å²) >= 11 is 0. The van der Waals surface area contributed by atoms with Crippen molar-refractivity contribution in [1.82, 2.24) is 14.9 Å². The quantitative estimate of drug-likeness (QED) is 0.614. The van der Waals surface area contributed by atoms with Gasteiger partial charge in [0, 0.05) is 62.3 Å². The minimum atomic E-state index is -0.109. The maximum atomic E-state index is 12.9. The highest BCUT2D eigenvalue weighted by Crippen LogP contribution is 2.34. The summed E-state index contributed by atoms with van der Waals surface area (Å²) in [4.78, 5) is 36.7. The number of rotatable bonds is 8. The molecule has 1 atom stereocenters. The normalized spacial score (nSPS) is 18.7. The third-order valence-corrected chi connectivity index (χ3v) is 6.17. The van der Waals surface area contributed by atoms with Gasteiger partial charge in [0.1, 0.15) is 5.69 Å². The highest BCUT2D eigenvalue weighted by atomic mass is 16.5. The van der Waals surface area contributed by atoms with Crippen LogP contribution in [0.5, 0.6) is 5.88 Å². The number of methoxy groups -OCH3 is 1. The average Bonchev–Trinajstić information content (AvgIpc) is 3.66. The number of H-pyrrole nitrogens is 1. The van der Waals surface area contributed by atoms with Crippen molar-refractivity contribution in [3.63, 3.8) is 0 Å².